The van der Waals surface area contributed by atoms with E-state index in [1.165, 1.54) is 24.3 Å². The van der Waals surface area contributed by atoms with Crippen molar-refractivity contribution in [1.82, 2.24) is 5.32 Å². The standard InChI is InChI=1S/C19H14FN3O4S/c20-14-3-1-2-4-15(14)23-18(26)13(17(25)22-19(23)28)9-11-5-7-12(8-6-11)27-10-16(21)24/h1-9H,10H2,(H2,21,24)(H,22,25,28)/b13-9+. The first kappa shape index (κ1) is 19.2. The number of thiocarbonyl (C=S) groups is 1. The number of primary amides is 1. The van der Waals surface area contributed by atoms with E-state index in [1.54, 1.807) is 30.3 Å². The summed E-state index contributed by atoms with van der Waals surface area (Å²) in [5, 5.41) is 2.19. The van der Waals surface area contributed by atoms with E-state index in [0.717, 1.165) is 4.90 Å². The number of halogens is 1. The molecule has 0 aliphatic carbocycles. The summed E-state index contributed by atoms with van der Waals surface area (Å²) in [6, 6.07) is 11.9. The molecule has 1 aliphatic heterocycles. The van der Waals surface area contributed by atoms with Gasteiger partial charge in [-0.05, 0) is 48.1 Å². The van der Waals surface area contributed by atoms with Crippen molar-refractivity contribution in [3.05, 3.63) is 65.5 Å². The minimum atomic E-state index is -0.743. The van der Waals surface area contributed by atoms with Gasteiger partial charge in [-0.15, -0.1) is 0 Å². The molecule has 1 heterocycles. The van der Waals surface area contributed by atoms with Gasteiger partial charge in [0.2, 0.25) is 0 Å². The number of nitrogens with two attached hydrogens (primary N) is 1. The molecule has 0 spiro atoms. The third-order valence-corrected chi connectivity index (χ3v) is 4.05. The minimum Gasteiger partial charge on any atom is -0.484 e. The molecule has 1 fully saturated rings. The third-order valence-electron chi connectivity index (χ3n) is 3.77. The number of para-hydroxylation sites is 1. The number of hydrogen-bond donors (Lipinski definition) is 2. The Morgan fingerprint density at radius 3 is 2.50 bits per heavy atom. The van der Waals surface area contributed by atoms with Crippen LogP contribution in [0, 0.1) is 5.82 Å². The fraction of sp³-hybridized carbons (Fsp3) is 0.0526. The third kappa shape index (κ3) is 4.04. The maximum Gasteiger partial charge on any atom is 0.270 e. The number of benzene rings is 2. The molecule has 3 N–H and O–H groups in total. The number of nitrogens with zero attached hydrogens (tertiary/aromatic N) is 1. The average Bonchev–Trinajstić information content (AvgIpc) is 2.65. The normalized spacial score (nSPS) is 15.5. The lowest BCUT2D eigenvalue weighted by Crippen LogP contribution is -2.54. The number of carbonyl (C=O) groups is 3. The number of ether oxygens (including phenoxy) is 1. The summed E-state index contributed by atoms with van der Waals surface area (Å²) >= 11 is 5.03. The fourth-order valence-corrected chi connectivity index (χ4v) is 2.76. The van der Waals surface area contributed by atoms with E-state index in [-0.39, 0.29) is 23.0 Å². The Morgan fingerprint density at radius 1 is 1.18 bits per heavy atom. The molecule has 1 aliphatic rings. The SMILES string of the molecule is NC(=O)COc1ccc(/C=C2\C(=O)NC(=S)N(c3ccccc3F)C2=O)cc1. The molecule has 3 amide bonds. The minimum absolute atomic E-state index is 0.0569. The Balaban J connectivity index is 1.89. The topological polar surface area (TPSA) is 102 Å². The van der Waals surface area contributed by atoms with Crippen LogP contribution in [0.1, 0.15) is 5.56 Å². The first-order valence-electron chi connectivity index (χ1n) is 8.04. The molecule has 1 saturated heterocycles. The molecule has 7 nitrogen and oxygen atoms in total. The quantitative estimate of drug-likeness (QED) is 0.451. The van der Waals surface area contributed by atoms with Crippen molar-refractivity contribution >= 4 is 46.8 Å². The van der Waals surface area contributed by atoms with Crippen LogP contribution in [0.15, 0.2) is 54.1 Å². The van der Waals surface area contributed by atoms with Crippen molar-refractivity contribution in [3.8, 4) is 5.75 Å². The second kappa shape index (κ2) is 7.97. The molecular weight excluding hydrogens is 385 g/mol. The van der Waals surface area contributed by atoms with Crippen LogP contribution in [0.4, 0.5) is 10.1 Å². The van der Waals surface area contributed by atoms with Gasteiger partial charge >= 0.3 is 0 Å². The second-order valence-corrected chi connectivity index (χ2v) is 6.12. The molecular formula is C19H14FN3O4S. The van der Waals surface area contributed by atoms with Gasteiger partial charge in [0, 0.05) is 0 Å². The van der Waals surface area contributed by atoms with E-state index in [0.29, 0.717) is 11.3 Å². The maximum atomic E-state index is 14.1. The summed E-state index contributed by atoms with van der Waals surface area (Å²) in [5.41, 5.74) is 5.27. The average molecular weight is 399 g/mol. The molecule has 3 rings (SSSR count). The molecule has 0 unspecified atom stereocenters. The molecule has 9 heteroatoms. The Morgan fingerprint density at radius 2 is 1.86 bits per heavy atom. The molecule has 0 bridgehead atoms. The van der Waals surface area contributed by atoms with Gasteiger partial charge in [-0.25, -0.2) is 9.29 Å². The number of anilines is 1. The van der Waals surface area contributed by atoms with Gasteiger partial charge in [0.05, 0.1) is 5.69 Å². The van der Waals surface area contributed by atoms with Crippen LogP contribution in [0.2, 0.25) is 0 Å². The van der Waals surface area contributed by atoms with Gasteiger partial charge in [-0.3, -0.25) is 19.7 Å². The van der Waals surface area contributed by atoms with Crippen molar-refractivity contribution in [1.29, 1.82) is 0 Å². The highest BCUT2D eigenvalue weighted by atomic mass is 32.1. The molecule has 28 heavy (non-hydrogen) atoms. The lowest BCUT2D eigenvalue weighted by atomic mass is 10.1. The summed E-state index contributed by atoms with van der Waals surface area (Å²) in [6.45, 7) is -0.267. The van der Waals surface area contributed by atoms with Crippen LogP contribution in [-0.2, 0) is 14.4 Å². The van der Waals surface area contributed by atoms with Crippen molar-refractivity contribution in [2.24, 2.45) is 5.73 Å². The molecule has 0 atom stereocenters. The first-order valence-corrected chi connectivity index (χ1v) is 8.45. The fourth-order valence-electron chi connectivity index (χ4n) is 2.49. The number of hydrogen-bond acceptors (Lipinski definition) is 5. The van der Waals surface area contributed by atoms with Gasteiger partial charge in [-0.2, -0.15) is 0 Å². The highest BCUT2D eigenvalue weighted by Gasteiger charge is 2.35. The lowest BCUT2D eigenvalue weighted by molar-refractivity contribution is -0.122. The zero-order chi connectivity index (χ0) is 20.3. The van der Waals surface area contributed by atoms with Crippen LogP contribution >= 0.6 is 12.2 Å². The van der Waals surface area contributed by atoms with Gasteiger partial charge < -0.3 is 10.5 Å². The van der Waals surface area contributed by atoms with Crippen molar-refractivity contribution in [2.45, 2.75) is 0 Å². The van der Waals surface area contributed by atoms with Crippen LogP contribution in [0.3, 0.4) is 0 Å². The summed E-state index contributed by atoms with van der Waals surface area (Å²) in [6.07, 6.45) is 1.35. The highest BCUT2D eigenvalue weighted by molar-refractivity contribution is 7.80. The van der Waals surface area contributed by atoms with Crippen LogP contribution in [0.5, 0.6) is 5.75 Å². The van der Waals surface area contributed by atoms with E-state index in [1.807, 2.05) is 0 Å². The van der Waals surface area contributed by atoms with E-state index in [4.69, 9.17) is 22.7 Å². The summed E-state index contributed by atoms with van der Waals surface area (Å²) in [5.74, 6) is -2.29. The number of amides is 3. The second-order valence-electron chi connectivity index (χ2n) is 5.73. The maximum absolute atomic E-state index is 14.1. The van der Waals surface area contributed by atoms with Gasteiger partial charge in [0.1, 0.15) is 17.1 Å². The summed E-state index contributed by atoms with van der Waals surface area (Å²) < 4.78 is 19.3. The van der Waals surface area contributed by atoms with Crippen molar-refractivity contribution in [2.75, 3.05) is 11.5 Å². The number of nitrogens with one attached hydrogen (secondary N) is 1. The summed E-state index contributed by atoms with van der Waals surface area (Å²) in [4.78, 5) is 36.7. The summed E-state index contributed by atoms with van der Waals surface area (Å²) in [7, 11) is 0. The first-order chi connectivity index (χ1) is 13.4. The molecule has 2 aromatic rings. The predicted molar refractivity (Wildman–Crippen MR) is 104 cm³/mol. The molecule has 0 saturated carbocycles. The van der Waals surface area contributed by atoms with Gasteiger partial charge in [-0.1, -0.05) is 24.3 Å². The van der Waals surface area contributed by atoms with E-state index >= 15 is 0 Å². The molecule has 0 aromatic heterocycles. The van der Waals surface area contributed by atoms with Crippen molar-refractivity contribution < 1.29 is 23.5 Å². The van der Waals surface area contributed by atoms with Crippen LogP contribution in [0.25, 0.3) is 6.08 Å². The highest BCUT2D eigenvalue weighted by Crippen LogP contribution is 2.25. The van der Waals surface area contributed by atoms with E-state index in [2.05, 4.69) is 5.32 Å². The zero-order valence-electron chi connectivity index (χ0n) is 14.3. The molecule has 2 aromatic carbocycles. The van der Waals surface area contributed by atoms with Crippen molar-refractivity contribution in [3.63, 3.8) is 0 Å². The molecule has 142 valence electrons. The zero-order valence-corrected chi connectivity index (χ0v) is 15.2. The monoisotopic (exact) mass is 399 g/mol. The largest absolute Gasteiger partial charge is 0.484 e. The van der Waals surface area contributed by atoms with Gasteiger partial charge in [0.15, 0.2) is 11.7 Å². The Labute approximate surface area is 164 Å². The smallest absolute Gasteiger partial charge is 0.270 e. The Bertz CT molecular complexity index is 1000. The van der Waals surface area contributed by atoms with E-state index in [9.17, 15) is 18.8 Å². The number of rotatable bonds is 5. The van der Waals surface area contributed by atoms with Crippen LogP contribution in [-0.4, -0.2) is 29.4 Å². The van der Waals surface area contributed by atoms with Gasteiger partial charge in [0.25, 0.3) is 17.7 Å². The van der Waals surface area contributed by atoms with Crippen LogP contribution < -0.4 is 20.7 Å². The van der Waals surface area contributed by atoms with E-state index < -0.39 is 23.5 Å². The lowest BCUT2D eigenvalue weighted by Gasteiger charge is -2.29. The Hall–Kier alpha value is -3.59. The predicted octanol–water partition coefficient (Wildman–Crippen LogP) is 1.52. The number of carbonyl (C=O) groups excluding carboxylic acids is 3. The Kier molecular flexibility index (Phi) is 5.46. The molecule has 0 radical (unpaired) electrons.